The molecule has 0 spiro atoms. The highest BCUT2D eigenvalue weighted by Crippen LogP contribution is 2.15. The molecule has 9 heteroatoms. The summed E-state index contributed by atoms with van der Waals surface area (Å²) in [6.45, 7) is 0.690. The molecule has 2 rings (SSSR count). The van der Waals surface area contributed by atoms with Crippen molar-refractivity contribution < 1.29 is 27.1 Å². The van der Waals surface area contributed by atoms with E-state index in [1.165, 1.54) is 0 Å². The molecule has 0 aliphatic carbocycles. The monoisotopic (exact) mass is 358 g/mol. The third kappa shape index (κ3) is 4.75. The SMILES string of the molecule is NS(=O)(=O)c1ccc(F)c(C(=O)OCC(=O)N2CCCCCC2)c1. The van der Waals surface area contributed by atoms with Crippen LogP contribution < -0.4 is 5.14 Å². The van der Waals surface area contributed by atoms with Gasteiger partial charge >= 0.3 is 5.97 Å². The van der Waals surface area contributed by atoms with Crippen molar-refractivity contribution in [2.75, 3.05) is 19.7 Å². The van der Waals surface area contributed by atoms with Gasteiger partial charge < -0.3 is 9.64 Å². The Labute approximate surface area is 139 Å². The van der Waals surface area contributed by atoms with E-state index in [2.05, 4.69) is 0 Å². The molecule has 1 aromatic rings. The third-order valence-electron chi connectivity index (χ3n) is 3.77. The molecule has 24 heavy (non-hydrogen) atoms. The molecular weight excluding hydrogens is 339 g/mol. The highest BCUT2D eigenvalue weighted by atomic mass is 32.2. The summed E-state index contributed by atoms with van der Waals surface area (Å²) in [7, 11) is -4.08. The van der Waals surface area contributed by atoms with Crippen LogP contribution in [-0.4, -0.2) is 44.9 Å². The summed E-state index contributed by atoms with van der Waals surface area (Å²) in [5.74, 6) is -2.41. The molecule has 2 N–H and O–H groups in total. The minimum absolute atomic E-state index is 0.353. The highest BCUT2D eigenvalue weighted by molar-refractivity contribution is 7.89. The zero-order valence-electron chi connectivity index (χ0n) is 13.0. The van der Waals surface area contributed by atoms with Crippen molar-refractivity contribution in [3.8, 4) is 0 Å². The Morgan fingerprint density at radius 3 is 2.38 bits per heavy atom. The van der Waals surface area contributed by atoms with Gasteiger partial charge in [0.15, 0.2) is 6.61 Å². The van der Waals surface area contributed by atoms with Crippen LogP contribution in [0.15, 0.2) is 23.1 Å². The molecule has 1 fully saturated rings. The van der Waals surface area contributed by atoms with Gasteiger partial charge in [0.1, 0.15) is 5.82 Å². The number of hydrogen-bond donors (Lipinski definition) is 1. The average Bonchev–Trinajstić information content (AvgIpc) is 2.80. The smallest absolute Gasteiger partial charge is 0.341 e. The summed E-state index contributed by atoms with van der Waals surface area (Å²) in [5, 5.41) is 4.95. The van der Waals surface area contributed by atoms with Gasteiger partial charge in [-0.25, -0.2) is 22.7 Å². The lowest BCUT2D eigenvalue weighted by molar-refractivity contribution is -0.134. The lowest BCUT2D eigenvalue weighted by Gasteiger charge is -2.20. The zero-order valence-corrected chi connectivity index (χ0v) is 13.9. The van der Waals surface area contributed by atoms with Crippen molar-refractivity contribution in [3.05, 3.63) is 29.6 Å². The molecule has 0 bridgehead atoms. The summed E-state index contributed by atoms with van der Waals surface area (Å²) in [6.07, 6.45) is 3.89. The lowest BCUT2D eigenvalue weighted by Crippen LogP contribution is -2.35. The molecule has 1 saturated heterocycles. The first-order chi connectivity index (χ1) is 11.3. The Kier molecular flexibility index (Phi) is 5.89. The fourth-order valence-corrected chi connectivity index (χ4v) is 2.99. The van der Waals surface area contributed by atoms with Crippen molar-refractivity contribution in [2.24, 2.45) is 5.14 Å². The number of sulfonamides is 1. The summed E-state index contributed by atoms with van der Waals surface area (Å²) in [5.41, 5.74) is -0.579. The molecule has 0 radical (unpaired) electrons. The summed E-state index contributed by atoms with van der Waals surface area (Å²) in [6, 6.07) is 2.56. The van der Waals surface area contributed by atoms with Gasteiger partial charge in [0.2, 0.25) is 10.0 Å². The number of ether oxygens (including phenoxy) is 1. The Bertz CT molecular complexity index is 727. The molecule has 0 atom stereocenters. The minimum Gasteiger partial charge on any atom is -0.452 e. The van der Waals surface area contributed by atoms with Crippen LogP contribution in [0.4, 0.5) is 4.39 Å². The number of carbonyl (C=O) groups is 2. The maximum Gasteiger partial charge on any atom is 0.341 e. The van der Waals surface area contributed by atoms with E-state index >= 15 is 0 Å². The van der Waals surface area contributed by atoms with Crippen LogP contribution >= 0.6 is 0 Å². The molecule has 7 nitrogen and oxygen atoms in total. The molecule has 1 amide bonds. The van der Waals surface area contributed by atoms with E-state index in [9.17, 15) is 22.4 Å². The normalized spacial score (nSPS) is 15.7. The number of hydrogen-bond acceptors (Lipinski definition) is 5. The summed E-state index contributed by atoms with van der Waals surface area (Å²) < 4.78 is 41.1. The summed E-state index contributed by atoms with van der Waals surface area (Å²) >= 11 is 0. The number of carbonyl (C=O) groups excluding carboxylic acids is 2. The van der Waals surface area contributed by atoms with Crippen molar-refractivity contribution in [1.29, 1.82) is 0 Å². The first-order valence-corrected chi connectivity index (χ1v) is 9.11. The van der Waals surface area contributed by atoms with Gasteiger partial charge in [-0.2, -0.15) is 0 Å². The summed E-state index contributed by atoms with van der Waals surface area (Å²) in [4.78, 5) is 25.2. The van der Waals surface area contributed by atoms with Gasteiger partial charge in [-0.3, -0.25) is 4.79 Å². The number of primary sulfonamides is 1. The van der Waals surface area contributed by atoms with Crippen LogP contribution in [0.1, 0.15) is 36.0 Å². The Morgan fingerprint density at radius 1 is 1.17 bits per heavy atom. The van der Waals surface area contributed by atoms with Crippen LogP contribution in [0.5, 0.6) is 0 Å². The number of nitrogens with zero attached hydrogens (tertiary/aromatic N) is 1. The van der Waals surface area contributed by atoms with Gasteiger partial charge in [0, 0.05) is 13.1 Å². The Morgan fingerprint density at radius 2 is 1.79 bits per heavy atom. The maximum absolute atomic E-state index is 13.7. The quantitative estimate of drug-likeness (QED) is 0.809. The predicted octanol–water partition coefficient (Wildman–Crippen LogP) is 1.03. The highest BCUT2D eigenvalue weighted by Gasteiger charge is 2.21. The first kappa shape index (κ1) is 18.3. The molecule has 1 aliphatic rings. The van der Waals surface area contributed by atoms with E-state index in [0.717, 1.165) is 43.9 Å². The maximum atomic E-state index is 13.7. The van der Waals surface area contributed by atoms with Crippen molar-refractivity contribution in [1.82, 2.24) is 4.90 Å². The van der Waals surface area contributed by atoms with Gasteiger partial charge in [-0.05, 0) is 31.0 Å². The first-order valence-electron chi connectivity index (χ1n) is 7.56. The average molecular weight is 358 g/mol. The fourth-order valence-electron chi connectivity index (χ4n) is 2.45. The van der Waals surface area contributed by atoms with E-state index in [0.29, 0.717) is 13.1 Å². The van der Waals surface area contributed by atoms with Crippen molar-refractivity contribution in [3.63, 3.8) is 0 Å². The van der Waals surface area contributed by atoms with Crippen LogP contribution in [0.2, 0.25) is 0 Å². The van der Waals surface area contributed by atoms with E-state index in [4.69, 9.17) is 9.88 Å². The van der Waals surface area contributed by atoms with Gasteiger partial charge in [0.25, 0.3) is 5.91 Å². The molecule has 0 unspecified atom stereocenters. The lowest BCUT2D eigenvalue weighted by atomic mass is 10.2. The van der Waals surface area contributed by atoms with Crippen LogP contribution in [0.25, 0.3) is 0 Å². The number of amides is 1. The molecule has 1 aliphatic heterocycles. The van der Waals surface area contributed by atoms with E-state index in [1.54, 1.807) is 4.90 Å². The Balaban J connectivity index is 2.03. The largest absolute Gasteiger partial charge is 0.452 e. The van der Waals surface area contributed by atoms with Crippen molar-refractivity contribution in [2.45, 2.75) is 30.6 Å². The zero-order chi connectivity index (χ0) is 17.7. The number of esters is 1. The second-order valence-corrected chi connectivity index (χ2v) is 7.12. The molecule has 0 saturated carbocycles. The second-order valence-electron chi connectivity index (χ2n) is 5.56. The minimum atomic E-state index is -4.08. The number of halogens is 1. The number of nitrogens with two attached hydrogens (primary N) is 1. The van der Waals surface area contributed by atoms with Crippen LogP contribution in [0, 0.1) is 5.82 Å². The number of benzene rings is 1. The van der Waals surface area contributed by atoms with E-state index < -0.39 is 38.9 Å². The molecular formula is C15H19FN2O5S. The molecule has 132 valence electrons. The standard InChI is InChI=1S/C15H19FN2O5S/c16-13-6-5-11(24(17,21)22)9-12(13)15(20)23-10-14(19)18-7-3-1-2-4-8-18/h5-6,9H,1-4,7-8,10H2,(H2,17,21,22). The van der Waals surface area contributed by atoms with Crippen LogP contribution in [0.3, 0.4) is 0 Å². The third-order valence-corrected chi connectivity index (χ3v) is 4.68. The number of likely N-dealkylation sites (tertiary alicyclic amines) is 1. The van der Waals surface area contributed by atoms with Gasteiger partial charge in [0.05, 0.1) is 10.5 Å². The van der Waals surface area contributed by atoms with Crippen LogP contribution in [-0.2, 0) is 19.6 Å². The molecule has 1 aromatic carbocycles. The Hall–Kier alpha value is -2.00. The molecule has 1 heterocycles. The topological polar surface area (TPSA) is 107 Å². The van der Waals surface area contributed by atoms with E-state index in [1.807, 2.05) is 0 Å². The van der Waals surface area contributed by atoms with Gasteiger partial charge in [-0.15, -0.1) is 0 Å². The molecule has 0 aromatic heterocycles. The predicted molar refractivity (Wildman–Crippen MR) is 83.1 cm³/mol. The second kappa shape index (κ2) is 7.71. The van der Waals surface area contributed by atoms with Gasteiger partial charge in [-0.1, -0.05) is 12.8 Å². The van der Waals surface area contributed by atoms with Crippen molar-refractivity contribution >= 4 is 21.9 Å². The number of rotatable bonds is 4. The fraction of sp³-hybridized carbons (Fsp3) is 0.467. The van der Waals surface area contributed by atoms with E-state index in [-0.39, 0.29) is 5.91 Å².